The first kappa shape index (κ1) is 22.9. The number of rotatable bonds is 4. The van der Waals surface area contributed by atoms with E-state index in [0.717, 1.165) is 49.8 Å². The molecule has 180 valence electrons. The summed E-state index contributed by atoms with van der Waals surface area (Å²) in [4.78, 5) is 32.7. The van der Waals surface area contributed by atoms with Crippen molar-refractivity contribution in [3.05, 3.63) is 64.7 Å². The van der Waals surface area contributed by atoms with Crippen molar-refractivity contribution in [3.8, 4) is 5.75 Å². The lowest BCUT2D eigenvalue weighted by atomic mass is 9.93. The molecule has 1 aliphatic carbocycles. The van der Waals surface area contributed by atoms with E-state index in [9.17, 15) is 9.59 Å². The first-order chi connectivity index (χ1) is 16.6. The first-order valence-corrected chi connectivity index (χ1v) is 12.7. The van der Waals surface area contributed by atoms with E-state index in [0.29, 0.717) is 24.4 Å². The van der Waals surface area contributed by atoms with Gasteiger partial charge in [0.2, 0.25) is 0 Å². The molecule has 6 nitrogen and oxygen atoms in total. The standard InChI is InChI=1S/C28H35N3O3/c1-34-26-9-5-6-22(19-26)28(33)31-13-12-21-18-23(10-11-24(21)20-31)27(32)30-16-14-29(15-17-30)25-7-3-2-4-8-25/h5-6,9-11,18-19,25H,2-4,7-8,12-17,20H2,1H3. The minimum Gasteiger partial charge on any atom is -0.497 e. The molecule has 3 aliphatic rings. The van der Waals surface area contributed by atoms with E-state index in [-0.39, 0.29) is 11.8 Å². The maximum atomic E-state index is 13.2. The lowest BCUT2D eigenvalue weighted by Crippen LogP contribution is -2.52. The Kier molecular flexibility index (Phi) is 6.86. The average Bonchev–Trinajstić information content (AvgIpc) is 2.92. The summed E-state index contributed by atoms with van der Waals surface area (Å²) >= 11 is 0. The molecule has 2 heterocycles. The molecule has 2 amide bonds. The predicted molar refractivity (Wildman–Crippen MR) is 132 cm³/mol. The molecule has 0 unspecified atom stereocenters. The van der Waals surface area contributed by atoms with Crippen molar-refractivity contribution in [2.45, 2.75) is 51.1 Å². The number of nitrogens with zero attached hydrogens (tertiary/aromatic N) is 3. The zero-order chi connectivity index (χ0) is 23.5. The van der Waals surface area contributed by atoms with Crippen LogP contribution in [0.15, 0.2) is 42.5 Å². The molecule has 5 rings (SSSR count). The summed E-state index contributed by atoms with van der Waals surface area (Å²) in [5.41, 5.74) is 3.72. The van der Waals surface area contributed by atoms with E-state index in [4.69, 9.17) is 4.74 Å². The van der Waals surface area contributed by atoms with Crippen LogP contribution in [0, 0.1) is 0 Å². The smallest absolute Gasteiger partial charge is 0.254 e. The number of piperazine rings is 1. The average molecular weight is 462 g/mol. The Morgan fingerprint density at radius 3 is 2.29 bits per heavy atom. The van der Waals surface area contributed by atoms with E-state index >= 15 is 0 Å². The Morgan fingerprint density at radius 2 is 1.53 bits per heavy atom. The Labute approximate surface area is 202 Å². The maximum absolute atomic E-state index is 13.2. The van der Waals surface area contributed by atoms with Gasteiger partial charge in [0, 0.05) is 56.4 Å². The Morgan fingerprint density at radius 1 is 0.794 bits per heavy atom. The molecule has 34 heavy (non-hydrogen) atoms. The third kappa shape index (κ3) is 4.83. The second-order valence-electron chi connectivity index (χ2n) is 9.81. The molecular formula is C28H35N3O3. The van der Waals surface area contributed by atoms with Crippen molar-refractivity contribution in [2.24, 2.45) is 0 Å². The van der Waals surface area contributed by atoms with Crippen molar-refractivity contribution in [1.29, 1.82) is 0 Å². The molecule has 1 saturated carbocycles. The quantitative estimate of drug-likeness (QED) is 0.691. The molecule has 0 atom stereocenters. The number of methoxy groups -OCH3 is 1. The topological polar surface area (TPSA) is 53.1 Å². The third-order valence-corrected chi connectivity index (χ3v) is 7.76. The van der Waals surface area contributed by atoms with Gasteiger partial charge >= 0.3 is 0 Å². The number of hydrogen-bond donors (Lipinski definition) is 0. The van der Waals surface area contributed by atoms with Crippen LogP contribution in [0.5, 0.6) is 5.75 Å². The second-order valence-corrected chi connectivity index (χ2v) is 9.81. The molecule has 2 aliphatic heterocycles. The molecule has 0 N–H and O–H groups in total. The van der Waals surface area contributed by atoms with Gasteiger partial charge in [-0.05, 0) is 60.7 Å². The minimum absolute atomic E-state index is 0.0144. The highest BCUT2D eigenvalue weighted by molar-refractivity contribution is 5.95. The number of benzene rings is 2. The number of fused-ring (bicyclic) bond motifs is 1. The largest absolute Gasteiger partial charge is 0.497 e. The Balaban J connectivity index is 1.20. The van der Waals surface area contributed by atoms with Gasteiger partial charge in [0.25, 0.3) is 11.8 Å². The van der Waals surface area contributed by atoms with Gasteiger partial charge in [0.1, 0.15) is 5.75 Å². The van der Waals surface area contributed by atoms with E-state index < -0.39 is 0 Å². The molecule has 1 saturated heterocycles. The van der Waals surface area contributed by atoms with Crippen LogP contribution in [-0.2, 0) is 13.0 Å². The fourth-order valence-corrected chi connectivity index (χ4v) is 5.72. The van der Waals surface area contributed by atoms with Crippen LogP contribution < -0.4 is 4.74 Å². The normalized spacial score (nSPS) is 19.6. The van der Waals surface area contributed by atoms with Gasteiger partial charge in [0.05, 0.1) is 7.11 Å². The highest BCUT2D eigenvalue weighted by Gasteiger charge is 2.28. The summed E-state index contributed by atoms with van der Waals surface area (Å²) in [7, 11) is 1.61. The SMILES string of the molecule is COc1cccc(C(=O)N2CCc3cc(C(=O)N4CCN(C5CCCCC5)CC4)ccc3C2)c1. The summed E-state index contributed by atoms with van der Waals surface area (Å²) in [6.07, 6.45) is 7.47. The molecule has 0 spiro atoms. The number of hydrogen-bond acceptors (Lipinski definition) is 4. The second kappa shape index (κ2) is 10.2. The van der Waals surface area contributed by atoms with E-state index in [1.807, 2.05) is 40.1 Å². The third-order valence-electron chi connectivity index (χ3n) is 7.76. The summed E-state index contributed by atoms with van der Waals surface area (Å²) in [6, 6.07) is 14.0. The zero-order valence-electron chi connectivity index (χ0n) is 20.2. The monoisotopic (exact) mass is 461 g/mol. The molecule has 0 bridgehead atoms. The van der Waals surface area contributed by atoms with Crippen LogP contribution in [0.1, 0.15) is 63.9 Å². The Hall–Kier alpha value is -2.86. The number of ether oxygens (including phenoxy) is 1. The number of carbonyl (C=O) groups is 2. The van der Waals surface area contributed by atoms with Gasteiger partial charge < -0.3 is 14.5 Å². The summed E-state index contributed by atoms with van der Waals surface area (Å²) in [6.45, 7) is 4.83. The van der Waals surface area contributed by atoms with Gasteiger partial charge in [-0.15, -0.1) is 0 Å². The van der Waals surface area contributed by atoms with E-state index in [1.54, 1.807) is 13.2 Å². The molecule has 2 aromatic rings. The van der Waals surface area contributed by atoms with Crippen molar-refractivity contribution < 1.29 is 14.3 Å². The van der Waals surface area contributed by atoms with Gasteiger partial charge in [-0.2, -0.15) is 0 Å². The number of carbonyl (C=O) groups excluding carboxylic acids is 2. The summed E-state index contributed by atoms with van der Waals surface area (Å²) in [5, 5.41) is 0. The lowest BCUT2D eigenvalue weighted by molar-refractivity contribution is 0.0522. The predicted octanol–water partition coefficient (Wildman–Crippen LogP) is 3.98. The number of amides is 2. The molecule has 6 heteroatoms. The zero-order valence-corrected chi connectivity index (χ0v) is 20.2. The fourth-order valence-electron chi connectivity index (χ4n) is 5.72. The van der Waals surface area contributed by atoms with Crippen LogP contribution in [-0.4, -0.2) is 72.4 Å². The van der Waals surface area contributed by atoms with Crippen molar-refractivity contribution >= 4 is 11.8 Å². The first-order valence-electron chi connectivity index (χ1n) is 12.7. The molecule has 0 radical (unpaired) electrons. The van der Waals surface area contributed by atoms with Gasteiger partial charge in [-0.25, -0.2) is 0 Å². The van der Waals surface area contributed by atoms with Gasteiger partial charge in [0.15, 0.2) is 0 Å². The van der Waals surface area contributed by atoms with Gasteiger partial charge in [-0.3, -0.25) is 14.5 Å². The van der Waals surface area contributed by atoms with Crippen molar-refractivity contribution in [3.63, 3.8) is 0 Å². The van der Waals surface area contributed by atoms with Crippen molar-refractivity contribution in [2.75, 3.05) is 39.8 Å². The molecule has 0 aromatic heterocycles. The minimum atomic E-state index is 0.0144. The van der Waals surface area contributed by atoms with E-state index in [1.165, 1.54) is 37.7 Å². The lowest BCUT2D eigenvalue weighted by Gasteiger charge is -2.40. The van der Waals surface area contributed by atoms with Crippen LogP contribution in [0.2, 0.25) is 0 Å². The van der Waals surface area contributed by atoms with Crippen LogP contribution in [0.4, 0.5) is 0 Å². The van der Waals surface area contributed by atoms with Crippen molar-refractivity contribution in [1.82, 2.24) is 14.7 Å². The van der Waals surface area contributed by atoms with Crippen LogP contribution >= 0.6 is 0 Å². The van der Waals surface area contributed by atoms with Gasteiger partial charge in [-0.1, -0.05) is 31.4 Å². The van der Waals surface area contributed by atoms with Crippen LogP contribution in [0.25, 0.3) is 0 Å². The van der Waals surface area contributed by atoms with E-state index in [2.05, 4.69) is 11.0 Å². The Bertz CT molecular complexity index is 1040. The van der Waals surface area contributed by atoms with Crippen LogP contribution in [0.3, 0.4) is 0 Å². The molecule has 2 aromatic carbocycles. The highest BCUT2D eigenvalue weighted by atomic mass is 16.5. The molecule has 2 fully saturated rings. The highest BCUT2D eigenvalue weighted by Crippen LogP contribution is 2.26. The summed E-state index contributed by atoms with van der Waals surface area (Å²) in [5.74, 6) is 0.840. The fraction of sp³-hybridized carbons (Fsp3) is 0.500. The summed E-state index contributed by atoms with van der Waals surface area (Å²) < 4.78 is 5.26. The maximum Gasteiger partial charge on any atom is 0.254 e. The molecular weight excluding hydrogens is 426 g/mol.